The van der Waals surface area contributed by atoms with Gasteiger partial charge >= 0.3 is 80.9 Å². The molecule has 0 aliphatic heterocycles. The summed E-state index contributed by atoms with van der Waals surface area (Å²) >= 11 is -8.03. The summed E-state index contributed by atoms with van der Waals surface area (Å²) in [5, 5.41) is 0. The van der Waals surface area contributed by atoms with Crippen molar-refractivity contribution in [2.45, 2.75) is 0 Å². The largest absolute Gasteiger partial charge is 1.00 e. The molecule has 0 bridgehead atoms. The van der Waals surface area contributed by atoms with Crippen LogP contribution in [0, 0.1) is 0 Å². The van der Waals surface area contributed by atoms with Gasteiger partial charge < -0.3 is 20.6 Å². The van der Waals surface area contributed by atoms with Gasteiger partial charge in [-0.25, -0.2) is 0 Å². The Morgan fingerprint density at radius 2 is 0.600 bits per heavy atom. The third-order valence-corrected chi connectivity index (χ3v) is 0. The van der Waals surface area contributed by atoms with Crippen LogP contribution in [0.1, 0.15) is 0 Å². The zero-order chi connectivity index (χ0) is 7.15. The van der Waals surface area contributed by atoms with Crippen LogP contribution in [0.4, 0.5) is 0 Å². The van der Waals surface area contributed by atoms with E-state index in [4.69, 9.17) is 20.6 Å². The van der Waals surface area contributed by atoms with Crippen LogP contribution in [-0.2, 0) is 0 Å². The van der Waals surface area contributed by atoms with Gasteiger partial charge in [0.15, 0.2) is 0 Å². The maximum atomic E-state index is 8.57. The maximum absolute atomic E-state index is 8.57. The molecule has 0 unspecified atom stereocenters. The molecule has 0 N–H and O–H groups in total. The van der Waals surface area contributed by atoms with E-state index in [1.165, 1.54) is 0 Å². The Balaban J connectivity index is -0.0000000300. The van der Waals surface area contributed by atoms with Crippen LogP contribution in [0.25, 0.3) is 0 Å². The number of hydrogen-bond donors (Lipinski definition) is 0. The maximum Gasteiger partial charge on any atom is 1.00 e. The summed E-state index contributed by atoms with van der Waals surface area (Å²) in [6.45, 7) is 0. The van der Waals surface area contributed by atoms with Crippen LogP contribution in [-0.4, -0.2) is 0 Å². The van der Waals surface area contributed by atoms with Crippen LogP contribution in [0.2, 0.25) is 0 Å². The fourth-order valence-corrected chi connectivity index (χ4v) is 0. The van der Waals surface area contributed by atoms with Crippen molar-refractivity contribution >= 4 is 0 Å². The minimum absolute atomic E-state index is 0. The zero-order valence-corrected chi connectivity index (χ0v) is 14.6. The number of rotatable bonds is 0. The van der Waals surface area contributed by atoms with E-state index in [2.05, 4.69) is 0 Å². The van der Waals surface area contributed by atoms with Gasteiger partial charge in [0.2, 0.25) is 0 Å². The summed E-state index contributed by atoms with van der Waals surface area (Å²) in [6, 6.07) is 0. The fraction of sp³-hybridized carbons (Fsp3) is 0. The average molecular weight is 412 g/mol. The molecule has 0 fully saturated rings. The first kappa shape index (κ1) is 23.6. The molecule has 52 valence electrons. The van der Waals surface area contributed by atoms with Gasteiger partial charge in [-0.05, 0) is 0 Å². The second-order valence-corrected chi connectivity index (χ2v) is 2.54. The molecule has 0 heterocycles. The molecule has 0 aromatic heterocycles. The topological polar surface area (TPSA) is 138 Å². The monoisotopic (exact) mass is 412 g/mol. The molecular formula is I2KNaO6. The average Bonchev–Trinajstić information content (AvgIpc) is 1.25. The Morgan fingerprint density at radius 1 is 0.600 bits per heavy atom. The van der Waals surface area contributed by atoms with Crippen LogP contribution in [0.3, 0.4) is 0 Å². The Hall–Kier alpha value is 3.86. The van der Waals surface area contributed by atoms with Crippen molar-refractivity contribution < 1.29 is 144 Å². The second kappa shape index (κ2) is 18.6. The molecule has 0 aliphatic rings. The smallest absolute Gasteiger partial charge is 0.427 e. The summed E-state index contributed by atoms with van der Waals surface area (Å²) in [7, 11) is 0. The third-order valence-electron chi connectivity index (χ3n) is 0. The van der Waals surface area contributed by atoms with Crippen molar-refractivity contribution in [3.8, 4) is 0 Å². The molecular weight excluding hydrogens is 412 g/mol. The molecule has 0 rings (SSSR count). The Kier molecular flexibility index (Phi) is 43.9. The minimum Gasteiger partial charge on any atom is -0.427 e. The van der Waals surface area contributed by atoms with Crippen molar-refractivity contribution in [3.63, 3.8) is 0 Å². The van der Waals surface area contributed by atoms with E-state index in [-0.39, 0.29) is 80.9 Å². The predicted molar refractivity (Wildman–Crippen MR) is 0 cm³/mol. The van der Waals surface area contributed by atoms with E-state index >= 15 is 0 Å². The molecule has 10 heavy (non-hydrogen) atoms. The Morgan fingerprint density at radius 3 is 0.600 bits per heavy atom. The summed E-state index contributed by atoms with van der Waals surface area (Å²) in [4.78, 5) is 0. The normalized spacial score (nSPS) is 7.20. The molecule has 0 spiro atoms. The molecule has 0 saturated carbocycles. The summed E-state index contributed by atoms with van der Waals surface area (Å²) in [5.74, 6) is 0. The van der Waals surface area contributed by atoms with Gasteiger partial charge in [0.25, 0.3) is 42.1 Å². The van der Waals surface area contributed by atoms with E-state index in [0.717, 1.165) is 0 Å². The molecule has 6 nitrogen and oxygen atoms in total. The summed E-state index contributed by atoms with van der Waals surface area (Å²) in [6.07, 6.45) is 0. The van der Waals surface area contributed by atoms with Crippen LogP contribution < -0.4 is 144 Å². The van der Waals surface area contributed by atoms with E-state index in [1.807, 2.05) is 0 Å². The van der Waals surface area contributed by atoms with E-state index < -0.39 is 42.1 Å². The van der Waals surface area contributed by atoms with Crippen LogP contribution in [0.5, 0.6) is 0 Å². The van der Waals surface area contributed by atoms with Gasteiger partial charge in [0, 0.05) is 0 Å². The molecule has 0 amide bonds. The standard InChI is InChI=1S/2IO3.K.Na/c2*2-1(3)4;;/q2*-1;2*+1. The van der Waals surface area contributed by atoms with Crippen LogP contribution >= 0.6 is 0 Å². The summed E-state index contributed by atoms with van der Waals surface area (Å²) in [5.41, 5.74) is 0. The third kappa shape index (κ3) is 94.0. The van der Waals surface area contributed by atoms with E-state index in [0.29, 0.717) is 0 Å². The van der Waals surface area contributed by atoms with Crippen molar-refractivity contribution in [3.05, 3.63) is 0 Å². The van der Waals surface area contributed by atoms with E-state index in [1.54, 1.807) is 0 Å². The van der Waals surface area contributed by atoms with Crippen molar-refractivity contribution in [1.29, 1.82) is 0 Å². The van der Waals surface area contributed by atoms with Crippen LogP contribution in [0.15, 0.2) is 0 Å². The molecule has 0 saturated heterocycles. The SMILES string of the molecule is [K+].[Na+].[O-][I+2]([O-])[O-].[O-][I+2]([O-])[O-]. The zero-order valence-electron chi connectivity index (χ0n) is 5.21. The number of hydrogen-bond acceptors (Lipinski definition) is 6. The molecule has 10 heteroatoms. The first-order valence-electron chi connectivity index (χ1n) is 0.926. The Bertz CT molecular complexity index is 31.2. The first-order valence-corrected chi connectivity index (χ1v) is 6.21. The molecule has 0 aromatic carbocycles. The summed E-state index contributed by atoms with van der Waals surface area (Å²) < 4.78 is 51.4. The van der Waals surface area contributed by atoms with E-state index in [9.17, 15) is 0 Å². The first-order chi connectivity index (χ1) is 3.46. The number of halogens is 2. The van der Waals surface area contributed by atoms with Crippen molar-refractivity contribution in [2.24, 2.45) is 0 Å². The molecule has 0 aromatic rings. The predicted octanol–water partition coefficient (Wildman–Crippen LogP) is -19.1. The van der Waals surface area contributed by atoms with Gasteiger partial charge in [-0.15, -0.1) is 0 Å². The molecule has 0 radical (unpaired) electrons. The van der Waals surface area contributed by atoms with Gasteiger partial charge in [0.1, 0.15) is 0 Å². The van der Waals surface area contributed by atoms with Gasteiger partial charge in [0.05, 0.1) is 0 Å². The van der Waals surface area contributed by atoms with Gasteiger partial charge in [-0.1, -0.05) is 0 Å². The van der Waals surface area contributed by atoms with Crippen molar-refractivity contribution in [2.75, 3.05) is 0 Å². The Labute approximate surface area is 140 Å². The molecule has 0 aliphatic carbocycles. The second-order valence-electron chi connectivity index (χ2n) is 0.378. The van der Waals surface area contributed by atoms with Gasteiger partial charge in [-0.2, -0.15) is 0 Å². The fourth-order valence-electron chi connectivity index (χ4n) is 0. The quantitative estimate of drug-likeness (QED) is 0.286. The van der Waals surface area contributed by atoms with Crippen molar-refractivity contribution in [1.82, 2.24) is 0 Å². The minimum atomic E-state index is -4.01. The van der Waals surface area contributed by atoms with Gasteiger partial charge in [-0.3, -0.25) is 0 Å². The molecule has 0 atom stereocenters.